The molecule has 0 aliphatic carbocycles. The van der Waals surface area contributed by atoms with Crippen molar-refractivity contribution >= 4 is 11.9 Å². The van der Waals surface area contributed by atoms with Crippen molar-refractivity contribution in [1.82, 2.24) is 0 Å². The summed E-state index contributed by atoms with van der Waals surface area (Å²) in [5, 5.41) is 48.1. The summed E-state index contributed by atoms with van der Waals surface area (Å²) in [5.74, 6) is -1.05. The first kappa shape index (κ1) is 15.3. The van der Waals surface area contributed by atoms with E-state index in [2.05, 4.69) is 0 Å². The third-order valence-corrected chi connectivity index (χ3v) is 3.39. The lowest BCUT2D eigenvalue weighted by atomic mass is 9.93. The van der Waals surface area contributed by atoms with Crippen LogP contribution in [0.3, 0.4) is 0 Å². The Balaban J connectivity index is 2.14. The fraction of sp³-hybridized carbons (Fsp3) is 0.400. The van der Waals surface area contributed by atoms with Crippen molar-refractivity contribution in [2.24, 2.45) is 0 Å². The first-order chi connectivity index (χ1) is 10.8. The van der Waals surface area contributed by atoms with Gasteiger partial charge in [0.25, 0.3) is 0 Å². The predicted molar refractivity (Wildman–Crippen MR) is 75.4 cm³/mol. The lowest BCUT2D eigenvalue weighted by Crippen LogP contribution is -2.61. The number of hydrogen-bond acceptors (Lipinski definition) is 7. The highest BCUT2D eigenvalue weighted by molar-refractivity contribution is 5.97. The molecule has 1 fully saturated rings. The van der Waals surface area contributed by atoms with E-state index in [1.54, 1.807) is 30.3 Å². The molecule has 1 aromatic carbocycles. The van der Waals surface area contributed by atoms with Crippen LogP contribution in [0.2, 0.25) is 0 Å². The molecule has 6 atom stereocenters. The van der Waals surface area contributed by atoms with Crippen LogP contribution in [0.15, 0.2) is 36.4 Å². The predicted octanol–water partition coefficient (Wildman–Crippen LogP) is -1.57. The van der Waals surface area contributed by atoms with Gasteiger partial charge in [-0.05, 0) is 11.6 Å². The first-order valence-corrected chi connectivity index (χ1v) is 6.66. The fourth-order valence-corrected chi connectivity index (χ4v) is 2.09. The summed E-state index contributed by atoms with van der Waals surface area (Å²) >= 11 is 0. The van der Waals surface area contributed by atoms with E-state index < -0.39 is 48.6 Å². The van der Waals surface area contributed by atoms with E-state index >= 15 is 0 Å². The smallest absolute Gasteiger partial charge is 0.186 e. The van der Waals surface area contributed by atoms with Gasteiger partial charge in [-0.15, -0.1) is 0 Å². The summed E-state index contributed by atoms with van der Waals surface area (Å²) in [7, 11) is 0. The van der Waals surface area contributed by atoms with Crippen LogP contribution in [-0.4, -0.2) is 68.1 Å². The van der Waals surface area contributed by atoms with Crippen LogP contribution in [0.25, 0.3) is 6.08 Å². The van der Waals surface area contributed by atoms with Crippen molar-refractivity contribution in [2.75, 3.05) is 0 Å². The highest BCUT2D eigenvalue weighted by Crippen LogP contribution is 2.22. The highest BCUT2D eigenvalue weighted by atomic mass is 16.6. The summed E-state index contributed by atoms with van der Waals surface area (Å²) in [4.78, 5) is 12.1. The van der Waals surface area contributed by atoms with E-state index in [-0.39, 0.29) is 0 Å². The van der Waals surface area contributed by atoms with Gasteiger partial charge in [0.15, 0.2) is 12.1 Å². The van der Waals surface area contributed by atoms with E-state index in [4.69, 9.17) is 6.11 Å². The zero-order chi connectivity index (χ0) is 17.1. The minimum atomic E-state index is -1.98. The lowest BCUT2D eigenvalue weighted by Gasteiger charge is -2.39. The molecule has 120 valence electrons. The molecule has 0 saturated carbocycles. The van der Waals surface area contributed by atoms with Crippen LogP contribution in [0.4, 0.5) is 0 Å². The van der Waals surface area contributed by atoms with Crippen LogP contribution < -0.4 is 0 Å². The standard InChI is InChI=1S/C15H18O7/c16-9(7-6-8-4-2-1-3-5-8)10(17)14-12(19)11(18)13(20)15(21)22-14/h1-7,10-15,17-21H/t10?,11-,12-,13+,14+,15?/m0/s1/i7D. The number of carbonyl (C=O) groups is 1. The molecule has 0 spiro atoms. The molecule has 7 heteroatoms. The van der Waals surface area contributed by atoms with Gasteiger partial charge in [0.05, 0.1) is 1.37 Å². The fourth-order valence-electron chi connectivity index (χ4n) is 2.09. The molecule has 0 amide bonds. The number of aliphatic hydroxyl groups is 5. The van der Waals surface area contributed by atoms with E-state index in [1.807, 2.05) is 0 Å². The minimum absolute atomic E-state index is 0.533. The van der Waals surface area contributed by atoms with Crippen LogP contribution in [-0.2, 0) is 9.53 Å². The SMILES string of the molecule is [2H]C(=Cc1ccccc1)C(=O)C(O)[C@H]1OC(O)[C@H](O)[C@@H](O)[C@@H]1O. The van der Waals surface area contributed by atoms with E-state index in [0.29, 0.717) is 5.56 Å². The second-order valence-corrected chi connectivity index (χ2v) is 4.97. The molecule has 1 heterocycles. The highest BCUT2D eigenvalue weighted by Gasteiger charge is 2.47. The zero-order valence-corrected chi connectivity index (χ0v) is 11.5. The molecule has 1 aliphatic rings. The van der Waals surface area contributed by atoms with Gasteiger partial charge >= 0.3 is 0 Å². The van der Waals surface area contributed by atoms with Gasteiger partial charge in [0.1, 0.15) is 30.5 Å². The Bertz CT molecular complexity index is 576. The average molecular weight is 311 g/mol. The maximum atomic E-state index is 12.1. The molecule has 2 rings (SSSR count). The second-order valence-electron chi connectivity index (χ2n) is 4.97. The molecule has 2 unspecified atom stereocenters. The van der Waals surface area contributed by atoms with Gasteiger partial charge in [0, 0.05) is 0 Å². The van der Waals surface area contributed by atoms with Crippen molar-refractivity contribution in [1.29, 1.82) is 0 Å². The van der Waals surface area contributed by atoms with Crippen LogP contribution >= 0.6 is 0 Å². The van der Waals surface area contributed by atoms with Gasteiger partial charge in [-0.1, -0.05) is 36.4 Å². The van der Waals surface area contributed by atoms with Gasteiger partial charge in [-0.25, -0.2) is 0 Å². The van der Waals surface area contributed by atoms with Crippen molar-refractivity contribution in [3.05, 3.63) is 41.9 Å². The Hall–Kier alpha value is -1.61. The molecule has 0 radical (unpaired) electrons. The minimum Gasteiger partial charge on any atom is -0.387 e. The first-order valence-electron chi connectivity index (χ1n) is 7.16. The number of ketones is 1. The van der Waals surface area contributed by atoms with Gasteiger partial charge in [-0.3, -0.25) is 4.79 Å². The molecule has 22 heavy (non-hydrogen) atoms. The van der Waals surface area contributed by atoms with E-state index in [1.165, 1.54) is 6.08 Å². The molecular formula is C15H18O7. The normalized spacial score (nSPS) is 34.9. The van der Waals surface area contributed by atoms with Gasteiger partial charge in [-0.2, -0.15) is 0 Å². The number of carbonyl (C=O) groups excluding carboxylic acids is 1. The number of rotatable bonds is 4. The molecule has 7 nitrogen and oxygen atoms in total. The molecule has 1 aromatic rings. The van der Waals surface area contributed by atoms with Crippen molar-refractivity contribution in [3.63, 3.8) is 0 Å². The maximum Gasteiger partial charge on any atom is 0.186 e. The van der Waals surface area contributed by atoms with Gasteiger partial charge < -0.3 is 30.3 Å². The monoisotopic (exact) mass is 311 g/mol. The average Bonchev–Trinajstić information content (AvgIpc) is 2.55. The Labute approximate surface area is 128 Å². The molecule has 5 N–H and O–H groups in total. The Morgan fingerprint density at radius 3 is 2.41 bits per heavy atom. The third-order valence-electron chi connectivity index (χ3n) is 3.39. The summed E-state index contributed by atoms with van der Waals surface area (Å²) in [6.07, 6.45) is -9.64. The quantitative estimate of drug-likeness (QED) is 0.425. The number of ether oxygens (including phenoxy) is 1. The number of aliphatic hydroxyl groups excluding tert-OH is 5. The van der Waals surface area contributed by atoms with E-state index in [9.17, 15) is 30.3 Å². The van der Waals surface area contributed by atoms with Gasteiger partial charge in [0.2, 0.25) is 0 Å². The van der Waals surface area contributed by atoms with Crippen molar-refractivity contribution in [3.8, 4) is 0 Å². The molecule has 0 aromatic heterocycles. The molecule has 1 saturated heterocycles. The number of benzene rings is 1. The molecular weight excluding hydrogens is 292 g/mol. The largest absolute Gasteiger partial charge is 0.387 e. The topological polar surface area (TPSA) is 127 Å². The van der Waals surface area contributed by atoms with Crippen LogP contribution in [0.5, 0.6) is 0 Å². The maximum absolute atomic E-state index is 12.1. The van der Waals surface area contributed by atoms with Crippen molar-refractivity contribution in [2.45, 2.75) is 36.8 Å². The summed E-state index contributed by atoms with van der Waals surface area (Å²) in [5.41, 5.74) is 0.568. The van der Waals surface area contributed by atoms with Crippen molar-refractivity contribution < 1.29 is 36.4 Å². The Morgan fingerprint density at radius 2 is 1.77 bits per heavy atom. The zero-order valence-electron chi connectivity index (χ0n) is 12.5. The molecule has 0 bridgehead atoms. The second kappa shape index (κ2) is 7.10. The van der Waals surface area contributed by atoms with E-state index in [0.717, 1.165) is 0 Å². The summed E-state index contributed by atoms with van der Waals surface area (Å²) in [6, 6.07) is 7.96. The van der Waals surface area contributed by atoms with Crippen LogP contribution in [0.1, 0.15) is 6.93 Å². The summed E-state index contributed by atoms with van der Waals surface area (Å²) < 4.78 is 12.5. The Kier molecular flexibility index (Phi) is 4.94. The molecule has 1 aliphatic heterocycles. The number of hydrogen-bond donors (Lipinski definition) is 5. The third kappa shape index (κ3) is 3.58. The van der Waals surface area contributed by atoms with Crippen LogP contribution in [0, 0.1) is 0 Å². The Morgan fingerprint density at radius 1 is 1.14 bits per heavy atom. The lowest BCUT2D eigenvalue weighted by molar-refractivity contribution is -0.293. The summed E-state index contributed by atoms with van der Waals surface area (Å²) in [6.45, 7) is 0.